The average Bonchev–Trinajstić information content (AvgIpc) is 3.08. The molecule has 4 rings (SSSR count). The molecular weight excluding hydrogens is 382 g/mol. The van der Waals surface area contributed by atoms with Gasteiger partial charge in [0.15, 0.2) is 5.16 Å². The number of amides is 1. The second-order valence-electron chi connectivity index (χ2n) is 6.91. The maximum absolute atomic E-state index is 12.5. The molecule has 0 unspecified atom stereocenters. The summed E-state index contributed by atoms with van der Waals surface area (Å²) in [5, 5.41) is 13.1. The third-order valence-corrected chi connectivity index (χ3v) is 5.54. The van der Waals surface area contributed by atoms with E-state index in [0.29, 0.717) is 10.8 Å². The summed E-state index contributed by atoms with van der Waals surface area (Å²) < 4.78 is 2.00. The van der Waals surface area contributed by atoms with Gasteiger partial charge in [0, 0.05) is 5.39 Å². The lowest BCUT2D eigenvalue weighted by Crippen LogP contribution is -2.15. The second kappa shape index (κ2) is 8.05. The number of rotatable bonds is 5. The predicted molar refractivity (Wildman–Crippen MR) is 117 cm³/mol. The number of aromatic nitrogens is 4. The van der Waals surface area contributed by atoms with Crippen LogP contribution in [0.3, 0.4) is 0 Å². The largest absolute Gasteiger partial charge is 0.324 e. The number of carbonyl (C=O) groups is 1. The van der Waals surface area contributed by atoms with Crippen LogP contribution >= 0.6 is 11.8 Å². The van der Waals surface area contributed by atoms with Crippen molar-refractivity contribution in [1.29, 1.82) is 0 Å². The highest BCUT2D eigenvalue weighted by molar-refractivity contribution is 7.99. The number of hydrogen-bond acceptors (Lipinski definition) is 5. The molecule has 2 aromatic heterocycles. The van der Waals surface area contributed by atoms with Gasteiger partial charge in [0.25, 0.3) is 0 Å². The van der Waals surface area contributed by atoms with Crippen molar-refractivity contribution in [1.82, 2.24) is 19.7 Å². The van der Waals surface area contributed by atoms with E-state index >= 15 is 0 Å². The molecular formula is C22H21N5OS. The summed E-state index contributed by atoms with van der Waals surface area (Å²) in [6.07, 6.45) is 1.67. The van der Waals surface area contributed by atoms with Crippen LogP contribution in [0.5, 0.6) is 0 Å². The molecule has 2 heterocycles. The Labute approximate surface area is 173 Å². The summed E-state index contributed by atoms with van der Waals surface area (Å²) in [5.41, 5.74) is 4.91. The van der Waals surface area contributed by atoms with Gasteiger partial charge in [-0.05, 0) is 50.1 Å². The van der Waals surface area contributed by atoms with Gasteiger partial charge in [0.1, 0.15) is 5.82 Å². The number of thioether (sulfide) groups is 1. The average molecular weight is 404 g/mol. The minimum atomic E-state index is -0.111. The first-order chi connectivity index (χ1) is 14.0. The van der Waals surface area contributed by atoms with E-state index in [2.05, 4.69) is 52.5 Å². The lowest BCUT2D eigenvalue weighted by atomic mass is 10.1. The highest BCUT2D eigenvalue weighted by Gasteiger charge is 2.15. The first kappa shape index (κ1) is 19.1. The maximum atomic E-state index is 12.5. The summed E-state index contributed by atoms with van der Waals surface area (Å²) >= 11 is 1.37. The molecule has 0 saturated carbocycles. The lowest BCUT2D eigenvalue weighted by Gasteiger charge is -2.12. The van der Waals surface area contributed by atoms with Gasteiger partial charge in [-0.1, -0.05) is 42.1 Å². The molecule has 29 heavy (non-hydrogen) atoms. The standard InChI is InChI=1S/C22H21N5OS/c1-14-8-9-15(2)20(10-14)27-16(3)25-26-22(27)29-13-21(28)24-18-11-17-6-4-5-7-19(17)23-12-18/h4-12H,13H2,1-3H3,(H,24,28). The van der Waals surface area contributed by atoms with Crippen molar-refractivity contribution < 1.29 is 4.79 Å². The predicted octanol–water partition coefficient (Wildman–Crippen LogP) is 4.47. The molecule has 0 atom stereocenters. The minimum absolute atomic E-state index is 0.111. The Hall–Kier alpha value is -3.19. The summed E-state index contributed by atoms with van der Waals surface area (Å²) in [5.74, 6) is 0.913. The molecule has 0 aliphatic heterocycles. The van der Waals surface area contributed by atoms with E-state index in [1.165, 1.54) is 11.8 Å². The zero-order chi connectivity index (χ0) is 20.4. The zero-order valence-corrected chi connectivity index (χ0v) is 17.3. The number of benzene rings is 2. The van der Waals surface area contributed by atoms with Crippen molar-refractivity contribution in [2.24, 2.45) is 0 Å². The van der Waals surface area contributed by atoms with Crippen molar-refractivity contribution in [3.8, 4) is 5.69 Å². The van der Waals surface area contributed by atoms with E-state index in [9.17, 15) is 4.79 Å². The van der Waals surface area contributed by atoms with E-state index in [0.717, 1.165) is 33.5 Å². The Morgan fingerprint density at radius 2 is 1.90 bits per heavy atom. The van der Waals surface area contributed by atoms with Gasteiger partial charge in [0.05, 0.1) is 28.8 Å². The molecule has 2 aromatic carbocycles. The van der Waals surface area contributed by atoms with Crippen molar-refractivity contribution in [3.05, 3.63) is 71.7 Å². The van der Waals surface area contributed by atoms with Gasteiger partial charge in [-0.3, -0.25) is 14.3 Å². The summed E-state index contributed by atoms with van der Waals surface area (Å²) in [4.78, 5) is 16.9. The normalized spacial score (nSPS) is 11.0. The van der Waals surface area contributed by atoms with Gasteiger partial charge in [-0.25, -0.2) is 0 Å². The SMILES string of the molecule is Cc1ccc(C)c(-n2c(C)nnc2SCC(=O)Nc2cnc3ccccc3c2)c1. The molecule has 1 amide bonds. The fraction of sp³-hybridized carbons (Fsp3) is 0.182. The molecule has 6 nitrogen and oxygen atoms in total. The third-order valence-electron chi connectivity index (χ3n) is 4.61. The van der Waals surface area contributed by atoms with Crippen molar-refractivity contribution in [3.63, 3.8) is 0 Å². The minimum Gasteiger partial charge on any atom is -0.324 e. The monoisotopic (exact) mass is 403 g/mol. The van der Waals surface area contributed by atoms with Crippen molar-refractivity contribution in [2.75, 3.05) is 11.1 Å². The fourth-order valence-corrected chi connectivity index (χ4v) is 3.93. The van der Waals surface area contributed by atoms with E-state index in [-0.39, 0.29) is 11.7 Å². The molecule has 0 saturated heterocycles. The van der Waals surface area contributed by atoms with Crippen LogP contribution in [0.4, 0.5) is 5.69 Å². The number of carbonyl (C=O) groups excluding carboxylic acids is 1. The van der Waals surface area contributed by atoms with Crippen LogP contribution in [-0.4, -0.2) is 31.4 Å². The van der Waals surface area contributed by atoms with Crippen LogP contribution < -0.4 is 5.32 Å². The first-order valence-corrected chi connectivity index (χ1v) is 10.3. The smallest absolute Gasteiger partial charge is 0.234 e. The lowest BCUT2D eigenvalue weighted by molar-refractivity contribution is -0.113. The molecule has 0 bridgehead atoms. The molecule has 0 aliphatic carbocycles. The van der Waals surface area contributed by atoms with Gasteiger partial charge in [-0.2, -0.15) is 0 Å². The summed E-state index contributed by atoms with van der Waals surface area (Å²) in [7, 11) is 0. The Morgan fingerprint density at radius 3 is 2.76 bits per heavy atom. The summed E-state index contributed by atoms with van der Waals surface area (Å²) in [6.45, 7) is 6.03. The van der Waals surface area contributed by atoms with Crippen LogP contribution in [0.25, 0.3) is 16.6 Å². The number of nitrogens with one attached hydrogen (secondary N) is 1. The fourth-order valence-electron chi connectivity index (χ4n) is 3.14. The zero-order valence-electron chi connectivity index (χ0n) is 16.5. The van der Waals surface area contributed by atoms with Crippen LogP contribution in [-0.2, 0) is 4.79 Å². The molecule has 0 aliphatic rings. The van der Waals surface area contributed by atoms with Crippen LogP contribution in [0.15, 0.2) is 59.9 Å². The Bertz CT molecular complexity index is 1200. The highest BCUT2D eigenvalue weighted by Crippen LogP contribution is 2.25. The van der Waals surface area contributed by atoms with Crippen LogP contribution in [0.2, 0.25) is 0 Å². The molecule has 1 N–H and O–H groups in total. The van der Waals surface area contributed by atoms with Gasteiger partial charge >= 0.3 is 0 Å². The third kappa shape index (κ3) is 4.14. The van der Waals surface area contributed by atoms with Gasteiger partial charge in [-0.15, -0.1) is 10.2 Å². The number of nitrogens with zero attached hydrogens (tertiary/aromatic N) is 4. The molecule has 0 fully saturated rings. The van der Waals surface area contributed by atoms with Crippen LogP contribution in [0, 0.1) is 20.8 Å². The van der Waals surface area contributed by atoms with E-state index in [4.69, 9.17) is 0 Å². The second-order valence-corrected chi connectivity index (χ2v) is 7.85. The number of fused-ring (bicyclic) bond motifs is 1. The summed E-state index contributed by atoms with van der Waals surface area (Å²) in [6, 6.07) is 16.0. The number of anilines is 1. The number of para-hydroxylation sites is 1. The molecule has 0 radical (unpaired) electrons. The van der Waals surface area contributed by atoms with Gasteiger partial charge < -0.3 is 5.32 Å². The Balaban J connectivity index is 1.49. The van der Waals surface area contributed by atoms with E-state index < -0.39 is 0 Å². The molecule has 7 heteroatoms. The van der Waals surface area contributed by atoms with E-state index in [1.807, 2.05) is 41.8 Å². The first-order valence-electron chi connectivity index (χ1n) is 9.28. The molecule has 4 aromatic rings. The van der Waals surface area contributed by atoms with Crippen molar-refractivity contribution in [2.45, 2.75) is 25.9 Å². The number of aryl methyl sites for hydroxylation is 3. The Morgan fingerprint density at radius 1 is 1.07 bits per heavy atom. The van der Waals surface area contributed by atoms with E-state index in [1.54, 1.807) is 6.20 Å². The Kier molecular flexibility index (Phi) is 5.31. The van der Waals surface area contributed by atoms with Crippen molar-refractivity contribution >= 4 is 34.3 Å². The molecule has 146 valence electrons. The highest BCUT2D eigenvalue weighted by atomic mass is 32.2. The van der Waals surface area contributed by atoms with Gasteiger partial charge in [0.2, 0.25) is 5.91 Å². The number of hydrogen-bond donors (Lipinski definition) is 1. The topological polar surface area (TPSA) is 72.7 Å². The molecule has 0 spiro atoms. The quantitative estimate of drug-likeness (QED) is 0.498. The van der Waals surface area contributed by atoms with Crippen LogP contribution in [0.1, 0.15) is 17.0 Å². The maximum Gasteiger partial charge on any atom is 0.234 e. The number of pyridine rings is 1.